The van der Waals surface area contributed by atoms with Crippen molar-refractivity contribution in [2.75, 3.05) is 11.9 Å². The molecule has 1 spiro atoms. The summed E-state index contributed by atoms with van der Waals surface area (Å²) >= 11 is 0. The van der Waals surface area contributed by atoms with E-state index in [-0.39, 0.29) is 37.1 Å². The largest absolute Gasteiger partial charge is 0.387 e. The van der Waals surface area contributed by atoms with Crippen molar-refractivity contribution in [3.63, 3.8) is 0 Å². The van der Waals surface area contributed by atoms with Crippen LogP contribution in [-0.2, 0) is 24.0 Å². The van der Waals surface area contributed by atoms with Gasteiger partial charge in [-0.05, 0) is 25.5 Å². The molecule has 0 saturated carbocycles. The van der Waals surface area contributed by atoms with Crippen molar-refractivity contribution >= 4 is 35.0 Å². The highest BCUT2D eigenvalue weighted by molar-refractivity contribution is 6.05. The Kier molecular flexibility index (Phi) is 5.45. The number of nitrogens with zero attached hydrogens (tertiary/aromatic N) is 2. The number of carbonyl (C=O) groups excluding carboxylic acids is 4. The number of hydrogen-bond acceptors (Lipinski definition) is 6. The van der Waals surface area contributed by atoms with E-state index in [1.807, 2.05) is 6.07 Å². The molecule has 10 nitrogen and oxygen atoms in total. The third-order valence-corrected chi connectivity index (χ3v) is 5.99. The molecular formula is C22H25N5O5. The molecular weight excluding hydrogens is 414 g/mol. The summed E-state index contributed by atoms with van der Waals surface area (Å²) in [6.07, 6.45) is 1.25. The minimum atomic E-state index is -0.871. The molecule has 3 heterocycles. The monoisotopic (exact) mass is 439 g/mol. The number of primary amides is 1. The van der Waals surface area contributed by atoms with E-state index < -0.39 is 23.6 Å². The van der Waals surface area contributed by atoms with E-state index in [4.69, 9.17) is 10.6 Å². The van der Waals surface area contributed by atoms with Gasteiger partial charge in [0.15, 0.2) is 5.60 Å². The number of nitrogens with one attached hydrogen (secondary N) is 2. The van der Waals surface area contributed by atoms with Gasteiger partial charge in [-0.2, -0.15) is 0 Å². The van der Waals surface area contributed by atoms with E-state index in [9.17, 15) is 19.2 Å². The number of hydrogen-bond donors (Lipinski definition) is 3. The van der Waals surface area contributed by atoms with Crippen LogP contribution in [0.25, 0.3) is 0 Å². The molecule has 32 heavy (non-hydrogen) atoms. The Hall–Kier alpha value is -3.69. The Morgan fingerprint density at radius 3 is 2.81 bits per heavy atom. The third-order valence-electron chi connectivity index (χ3n) is 5.99. The van der Waals surface area contributed by atoms with Gasteiger partial charge in [-0.3, -0.25) is 19.2 Å². The molecule has 168 valence electrons. The summed E-state index contributed by atoms with van der Waals surface area (Å²) in [6.45, 7) is 5.39. The van der Waals surface area contributed by atoms with E-state index in [0.717, 1.165) is 5.56 Å². The second-order valence-electron chi connectivity index (χ2n) is 8.55. The summed E-state index contributed by atoms with van der Waals surface area (Å²) in [4.78, 5) is 55.7. The van der Waals surface area contributed by atoms with Crippen LogP contribution in [0.4, 0.5) is 5.69 Å². The first-order valence-corrected chi connectivity index (χ1v) is 10.4. The molecule has 0 aliphatic carbocycles. The van der Waals surface area contributed by atoms with E-state index in [2.05, 4.69) is 22.4 Å². The molecule has 0 bridgehead atoms. The van der Waals surface area contributed by atoms with Gasteiger partial charge in [0.25, 0.3) is 5.91 Å². The number of likely N-dealkylation sites (tertiary alicyclic amines) is 1. The highest BCUT2D eigenvalue weighted by atomic mass is 16.7. The third kappa shape index (κ3) is 4.08. The fourth-order valence-corrected chi connectivity index (χ4v) is 4.32. The number of oxime groups is 1. The van der Waals surface area contributed by atoms with Gasteiger partial charge in [0.05, 0.1) is 12.3 Å². The second kappa shape index (κ2) is 8.10. The van der Waals surface area contributed by atoms with Crippen molar-refractivity contribution in [1.82, 2.24) is 10.2 Å². The smallest absolute Gasteiger partial charge is 0.250 e. The van der Waals surface area contributed by atoms with Gasteiger partial charge in [0, 0.05) is 36.1 Å². The number of carbonyl (C=O) groups is 4. The van der Waals surface area contributed by atoms with E-state index >= 15 is 0 Å². The molecule has 1 aromatic rings. The normalized spacial score (nSPS) is 26.5. The number of benzene rings is 1. The summed E-state index contributed by atoms with van der Waals surface area (Å²) in [5.74, 6) is -1.43. The molecule has 1 aromatic carbocycles. The highest BCUT2D eigenvalue weighted by Crippen LogP contribution is 2.39. The quantitative estimate of drug-likeness (QED) is 0.570. The van der Waals surface area contributed by atoms with Gasteiger partial charge >= 0.3 is 0 Å². The molecule has 4 amide bonds. The lowest BCUT2D eigenvalue weighted by atomic mass is 9.91. The molecule has 10 heteroatoms. The maximum absolute atomic E-state index is 13.0. The lowest BCUT2D eigenvalue weighted by molar-refractivity contribution is -0.139. The van der Waals surface area contributed by atoms with Crippen LogP contribution in [0.5, 0.6) is 0 Å². The van der Waals surface area contributed by atoms with Crippen molar-refractivity contribution < 1.29 is 24.0 Å². The number of amides is 4. The number of nitrogens with two attached hydrogens (primary N) is 1. The summed E-state index contributed by atoms with van der Waals surface area (Å²) in [6, 6.07) is 5.67. The Bertz CT molecular complexity index is 1050. The first-order valence-electron chi connectivity index (χ1n) is 10.4. The Balaban J connectivity index is 1.49. The van der Waals surface area contributed by atoms with Crippen LogP contribution in [0.2, 0.25) is 0 Å². The highest BCUT2D eigenvalue weighted by Gasteiger charge is 2.54. The molecule has 2 saturated heterocycles. The zero-order valence-electron chi connectivity index (χ0n) is 17.7. The molecule has 1 unspecified atom stereocenters. The van der Waals surface area contributed by atoms with Crippen molar-refractivity contribution in [3.8, 4) is 0 Å². The summed E-state index contributed by atoms with van der Waals surface area (Å²) in [7, 11) is 0. The fraction of sp³-hybridized carbons (Fsp3) is 0.409. The van der Waals surface area contributed by atoms with Gasteiger partial charge in [0.2, 0.25) is 17.7 Å². The zero-order valence-corrected chi connectivity index (χ0v) is 17.7. The van der Waals surface area contributed by atoms with Gasteiger partial charge < -0.3 is 26.1 Å². The van der Waals surface area contributed by atoms with Crippen LogP contribution >= 0.6 is 0 Å². The van der Waals surface area contributed by atoms with Crippen LogP contribution in [0.1, 0.15) is 38.2 Å². The van der Waals surface area contributed by atoms with Gasteiger partial charge in [-0.15, -0.1) is 0 Å². The zero-order chi connectivity index (χ0) is 23.0. The predicted molar refractivity (Wildman–Crippen MR) is 115 cm³/mol. The number of anilines is 1. The second-order valence-corrected chi connectivity index (χ2v) is 8.55. The van der Waals surface area contributed by atoms with Crippen LogP contribution in [-0.4, -0.2) is 58.5 Å². The summed E-state index contributed by atoms with van der Waals surface area (Å²) < 4.78 is 0. The Labute approximate surface area is 184 Å². The van der Waals surface area contributed by atoms with Gasteiger partial charge in [-0.25, -0.2) is 0 Å². The molecule has 3 aliphatic rings. The average Bonchev–Trinajstić information content (AvgIpc) is 3.47. The van der Waals surface area contributed by atoms with E-state index in [1.54, 1.807) is 25.1 Å². The predicted octanol–water partition coefficient (Wildman–Crippen LogP) is 0.429. The molecule has 2 fully saturated rings. The molecule has 3 aliphatic heterocycles. The summed E-state index contributed by atoms with van der Waals surface area (Å²) in [5, 5.41) is 9.62. The Morgan fingerprint density at radius 2 is 2.16 bits per heavy atom. The van der Waals surface area contributed by atoms with Crippen molar-refractivity contribution in [1.29, 1.82) is 0 Å². The van der Waals surface area contributed by atoms with Crippen LogP contribution in [0.15, 0.2) is 41.6 Å². The SMILES string of the molecule is C=C(C)C(=O)Nc1cccc(C2=NOC3(C2)C[C@@H](C(N)=O)N(C(=O)[C@H]2CCC(=O)N2)C3)c1. The molecule has 4 N–H and O–H groups in total. The minimum absolute atomic E-state index is 0.144. The van der Waals surface area contributed by atoms with Crippen LogP contribution in [0.3, 0.4) is 0 Å². The fourth-order valence-electron chi connectivity index (χ4n) is 4.32. The number of rotatable bonds is 5. The Morgan fingerprint density at radius 1 is 1.38 bits per heavy atom. The maximum atomic E-state index is 13.0. The van der Waals surface area contributed by atoms with Crippen LogP contribution in [0, 0.1) is 0 Å². The average molecular weight is 439 g/mol. The summed E-state index contributed by atoms with van der Waals surface area (Å²) in [5.41, 5.74) is 7.09. The first-order chi connectivity index (χ1) is 15.2. The molecule has 0 radical (unpaired) electrons. The van der Waals surface area contributed by atoms with Gasteiger partial charge in [-0.1, -0.05) is 23.9 Å². The van der Waals surface area contributed by atoms with E-state index in [0.29, 0.717) is 29.8 Å². The lowest BCUT2D eigenvalue weighted by Gasteiger charge is -2.25. The topological polar surface area (TPSA) is 143 Å². The van der Waals surface area contributed by atoms with Crippen LogP contribution < -0.4 is 16.4 Å². The molecule has 3 atom stereocenters. The minimum Gasteiger partial charge on any atom is -0.387 e. The maximum Gasteiger partial charge on any atom is 0.250 e. The lowest BCUT2D eigenvalue weighted by Crippen LogP contribution is -2.50. The van der Waals surface area contributed by atoms with Gasteiger partial charge in [0.1, 0.15) is 12.1 Å². The molecule has 0 aromatic heterocycles. The van der Waals surface area contributed by atoms with Crippen molar-refractivity contribution in [2.45, 2.75) is 50.3 Å². The van der Waals surface area contributed by atoms with E-state index in [1.165, 1.54) is 4.90 Å². The van der Waals surface area contributed by atoms with Crippen molar-refractivity contribution in [3.05, 3.63) is 42.0 Å². The standard InChI is InChI=1S/C22H25N5O5/c1-12(2)20(30)24-14-5-3-4-13(8-14)16-9-22(32-26-16)10-17(19(23)29)27(11-22)21(31)15-6-7-18(28)25-15/h3-5,8,15,17H,1,6-7,9-11H2,2H3,(H2,23,29)(H,24,30)(H,25,28)/t15-,17+,22?/m1/s1. The first kappa shape index (κ1) is 21.5. The molecule has 4 rings (SSSR count). The van der Waals surface area contributed by atoms with Crippen molar-refractivity contribution in [2.24, 2.45) is 10.9 Å².